The van der Waals surface area contributed by atoms with E-state index in [1.54, 1.807) is 18.2 Å². The van der Waals surface area contributed by atoms with Gasteiger partial charge in [0.1, 0.15) is 5.75 Å². The number of nitrogens with two attached hydrogens (primary N) is 1. The van der Waals surface area contributed by atoms with Gasteiger partial charge in [0.2, 0.25) is 0 Å². The van der Waals surface area contributed by atoms with Crippen molar-refractivity contribution in [1.82, 2.24) is 0 Å². The van der Waals surface area contributed by atoms with Crippen LogP contribution in [0, 0.1) is 5.92 Å². The third-order valence-electron chi connectivity index (χ3n) is 3.54. The molecule has 1 fully saturated rings. The average Bonchev–Trinajstić information content (AvgIpc) is 2.24. The Labute approximate surface area is 100 Å². The molecule has 1 saturated carbocycles. The lowest BCUT2D eigenvalue weighted by Crippen LogP contribution is -2.27. The van der Waals surface area contributed by atoms with Gasteiger partial charge in [-0.2, -0.15) is 0 Å². The highest BCUT2D eigenvalue weighted by Gasteiger charge is 2.35. The van der Waals surface area contributed by atoms with Crippen LogP contribution in [0.4, 0.5) is 5.69 Å². The Balaban J connectivity index is 2.38. The molecule has 17 heavy (non-hydrogen) atoms. The second-order valence-corrected chi connectivity index (χ2v) is 4.47. The number of nitrogen functional groups attached to an aromatic ring is 1. The zero-order valence-electron chi connectivity index (χ0n) is 9.85. The molecule has 1 unspecified atom stereocenters. The molecule has 0 bridgehead atoms. The molecular formula is C13H17NO3. The smallest absolute Gasteiger partial charge is 0.311 e. The Hall–Kier alpha value is -1.71. The molecule has 0 aliphatic heterocycles. The summed E-state index contributed by atoms with van der Waals surface area (Å²) in [5, 5.41) is 9.35. The van der Waals surface area contributed by atoms with Gasteiger partial charge in [0.05, 0.1) is 18.7 Å². The van der Waals surface area contributed by atoms with E-state index in [2.05, 4.69) is 0 Å². The summed E-state index contributed by atoms with van der Waals surface area (Å²) in [5.74, 6) is -0.538. The van der Waals surface area contributed by atoms with Gasteiger partial charge in [0, 0.05) is 0 Å². The first-order valence-electron chi connectivity index (χ1n) is 5.80. The van der Waals surface area contributed by atoms with Gasteiger partial charge in [-0.1, -0.05) is 18.6 Å². The van der Waals surface area contributed by atoms with Crippen molar-refractivity contribution in [1.29, 1.82) is 0 Å². The van der Waals surface area contributed by atoms with Gasteiger partial charge < -0.3 is 15.6 Å². The molecule has 4 heteroatoms. The molecule has 0 radical (unpaired) electrons. The summed E-state index contributed by atoms with van der Waals surface area (Å²) in [6.07, 6.45) is 3.04. The number of anilines is 1. The molecule has 1 aliphatic carbocycles. The summed E-state index contributed by atoms with van der Waals surface area (Å²) in [5.41, 5.74) is 7.10. The molecule has 1 aromatic rings. The van der Waals surface area contributed by atoms with Crippen LogP contribution in [0.15, 0.2) is 18.2 Å². The van der Waals surface area contributed by atoms with Crippen LogP contribution in [0.5, 0.6) is 5.75 Å². The minimum Gasteiger partial charge on any atom is -0.495 e. The molecule has 4 nitrogen and oxygen atoms in total. The Morgan fingerprint density at radius 3 is 2.71 bits per heavy atom. The fourth-order valence-corrected chi connectivity index (χ4v) is 2.37. The van der Waals surface area contributed by atoms with E-state index in [0.717, 1.165) is 19.3 Å². The number of carboxylic acids is 1. The van der Waals surface area contributed by atoms with Crippen molar-refractivity contribution in [3.63, 3.8) is 0 Å². The molecular weight excluding hydrogens is 218 g/mol. The fraction of sp³-hybridized carbons (Fsp3) is 0.462. The lowest BCUT2D eigenvalue weighted by molar-refractivity contribution is -0.141. The van der Waals surface area contributed by atoms with Crippen molar-refractivity contribution >= 4 is 11.7 Å². The minimum absolute atomic E-state index is 0.210. The largest absolute Gasteiger partial charge is 0.495 e. The van der Waals surface area contributed by atoms with Crippen LogP contribution in [0.2, 0.25) is 0 Å². The number of hydrogen-bond acceptors (Lipinski definition) is 3. The minimum atomic E-state index is -0.797. The number of methoxy groups -OCH3 is 1. The van der Waals surface area contributed by atoms with Crippen LogP contribution in [0.3, 0.4) is 0 Å². The molecule has 0 saturated heterocycles. The van der Waals surface area contributed by atoms with Crippen LogP contribution < -0.4 is 10.5 Å². The van der Waals surface area contributed by atoms with E-state index in [0.29, 0.717) is 17.0 Å². The van der Waals surface area contributed by atoms with Crippen molar-refractivity contribution in [2.75, 3.05) is 12.8 Å². The molecule has 3 N–H and O–H groups in total. The van der Waals surface area contributed by atoms with Gasteiger partial charge in [0.15, 0.2) is 0 Å². The zero-order chi connectivity index (χ0) is 12.4. The number of carbonyl (C=O) groups is 1. The van der Waals surface area contributed by atoms with Crippen molar-refractivity contribution in [2.24, 2.45) is 5.92 Å². The summed E-state index contributed by atoms with van der Waals surface area (Å²) >= 11 is 0. The van der Waals surface area contributed by atoms with Crippen LogP contribution in [0.1, 0.15) is 30.7 Å². The molecule has 92 valence electrons. The Morgan fingerprint density at radius 1 is 1.53 bits per heavy atom. The Morgan fingerprint density at radius 2 is 2.24 bits per heavy atom. The second-order valence-electron chi connectivity index (χ2n) is 4.47. The highest BCUT2D eigenvalue weighted by Crippen LogP contribution is 2.42. The highest BCUT2D eigenvalue weighted by molar-refractivity contribution is 5.80. The summed E-state index contributed by atoms with van der Waals surface area (Å²) in [6, 6.07) is 5.33. The molecule has 1 aliphatic rings. The molecule has 0 aromatic heterocycles. The molecule has 0 spiro atoms. The molecule has 0 amide bonds. The van der Waals surface area contributed by atoms with E-state index < -0.39 is 11.9 Å². The molecule has 2 rings (SSSR count). The van der Waals surface area contributed by atoms with Crippen molar-refractivity contribution in [2.45, 2.75) is 25.2 Å². The third-order valence-corrected chi connectivity index (χ3v) is 3.54. The van der Waals surface area contributed by atoms with E-state index in [4.69, 9.17) is 10.5 Å². The van der Waals surface area contributed by atoms with Crippen LogP contribution in [-0.4, -0.2) is 18.2 Å². The first kappa shape index (κ1) is 11.8. The van der Waals surface area contributed by atoms with Gasteiger partial charge in [-0.3, -0.25) is 4.79 Å². The van der Waals surface area contributed by atoms with E-state index in [9.17, 15) is 9.90 Å². The summed E-state index contributed by atoms with van der Waals surface area (Å²) < 4.78 is 5.13. The number of hydrogen-bond donors (Lipinski definition) is 2. The van der Waals surface area contributed by atoms with Crippen LogP contribution >= 0.6 is 0 Å². The molecule has 1 atom stereocenters. The maximum Gasteiger partial charge on any atom is 0.311 e. The third kappa shape index (κ3) is 2.07. The average molecular weight is 235 g/mol. The lowest BCUT2D eigenvalue weighted by atomic mass is 9.72. The van der Waals surface area contributed by atoms with Crippen molar-refractivity contribution in [3.8, 4) is 5.75 Å². The van der Waals surface area contributed by atoms with Crippen LogP contribution in [-0.2, 0) is 4.79 Å². The molecule has 0 heterocycles. The SMILES string of the molecule is COc1cccc(C(C(=O)O)C2CCC2)c1N. The maximum atomic E-state index is 11.4. The number of para-hydroxylation sites is 1. The number of carboxylic acid groups (broad SMARTS) is 1. The van der Waals surface area contributed by atoms with Gasteiger partial charge in [0.25, 0.3) is 0 Å². The van der Waals surface area contributed by atoms with E-state index in [-0.39, 0.29) is 5.92 Å². The lowest BCUT2D eigenvalue weighted by Gasteiger charge is -2.32. The first-order valence-corrected chi connectivity index (χ1v) is 5.80. The standard InChI is InChI=1S/C13H17NO3/c1-17-10-7-3-6-9(12(10)14)11(13(15)16)8-4-2-5-8/h3,6-8,11H,2,4-5,14H2,1H3,(H,15,16). The Bertz CT molecular complexity index is 427. The Kier molecular flexibility index (Phi) is 3.22. The number of rotatable bonds is 4. The zero-order valence-corrected chi connectivity index (χ0v) is 9.85. The van der Waals surface area contributed by atoms with Crippen molar-refractivity contribution < 1.29 is 14.6 Å². The van der Waals surface area contributed by atoms with Gasteiger partial charge in [-0.05, 0) is 30.4 Å². The summed E-state index contributed by atoms with van der Waals surface area (Å²) in [6.45, 7) is 0. The van der Waals surface area contributed by atoms with Crippen LogP contribution in [0.25, 0.3) is 0 Å². The monoisotopic (exact) mass is 235 g/mol. The van der Waals surface area contributed by atoms with E-state index in [1.165, 1.54) is 7.11 Å². The van der Waals surface area contributed by atoms with E-state index >= 15 is 0 Å². The highest BCUT2D eigenvalue weighted by atomic mass is 16.5. The first-order chi connectivity index (χ1) is 8.15. The van der Waals surface area contributed by atoms with Crippen molar-refractivity contribution in [3.05, 3.63) is 23.8 Å². The predicted molar refractivity (Wildman–Crippen MR) is 65.1 cm³/mol. The number of benzene rings is 1. The predicted octanol–water partition coefficient (Wildman–Crippen LogP) is 2.25. The number of aliphatic carboxylic acids is 1. The van der Waals surface area contributed by atoms with Gasteiger partial charge >= 0.3 is 5.97 Å². The van der Waals surface area contributed by atoms with Gasteiger partial charge in [-0.25, -0.2) is 0 Å². The summed E-state index contributed by atoms with van der Waals surface area (Å²) in [4.78, 5) is 11.4. The van der Waals surface area contributed by atoms with Gasteiger partial charge in [-0.15, -0.1) is 0 Å². The maximum absolute atomic E-state index is 11.4. The molecule has 1 aromatic carbocycles. The second kappa shape index (κ2) is 4.65. The normalized spacial score (nSPS) is 17.2. The topological polar surface area (TPSA) is 72.5 Å². The number of ether oxygens (including phenoxy) is 1. The quantitative estimate of drug-likeness (QED) is 0.785. The van der Waals surface area contributed by atoms with E-state index in [1.807, 2.05) is 0 Å². The summed E-state index contributed by atoms with van der Waals surface area (Å²) in [7, 11) is 1.54. The fourth-order valence-electron chi connectivity index (χ4n) is 2.37.